The molecule has 1 aliphatic heterocycles. The number of rotatable bonds is 5. The summed E-state index contributed by atoms with van der Waals surface area (Å²) in [5, 5.41) is 2.77. The summed E-state index contributed by atoms with van der Waals surface area (Å²) in [5.74, 6) is 1.16. The normalized spacial score (nSPS) is 13.7. The summed E-state index contributed by atoms with van der Waals surface area (Å²) in [5.41, 5.74) is 0.573. The van der Waals surface area contributed by atoms with E-state index in [0.717, 1.165) is 6.26 Å². The third-order valence-electron chi connectivity index (χ3n) is 3.38. The van der Waals surface area contributed by atoms with Crippen LogP contribution in [0.5, 0.6) is 11.5 Å². The van der Waals surface area contributed by atoms with Crippen LogP contribution in [0.25, 0.3) is 0 Å². The van der Waals surface area contributed by atoms with E-state index in [2.05, 4.69) is 5.32 Å². The second-order valence-corrected chi connectivity index (χ2v) is 7.97. The van der Waals surface area contributed by atoms with E-state index in [-0.39, 0.29) is 24.4 Å². The molecule has 0 unspecified atom stereocenters. The molecule has 0 aliphatic carbocycles. The first kappa shape index (κ1) is 17.4. The van der Waals surface area contributed by atoms with Crippen LogP contribution in [0.1, 0.15) is 13.8 Å². The van der Waals surface area contributed by atoms with Crippen LogP contribution in [0.3, 0.4) is 0 Å². The van der Waals surface area contributed by atoms with Gasteiger partial charge in [-0.25, -0.2) is 13.2 Å². The Hall–Kier alpha value is -1.96. The van der Waals surface area contributed by atoms with Crippen molar-refractivity contribution in [3.05, 3.63) is 18.2 Å². The van der Waals surface area contributed by atoms with Crippen molar-refractivity contribution in [1.82, 2.24) is 4.90 Å². The molecule has 0 fully saturated rings. The van der Waals surface area contributed by atoms with Crippen molar-refractivity contribution in [3.8, 4) is 11.5 Å². The molecule has 0 aromatic heterocycles. The number of benzene rings is 1. The summed E-state index contributed by atoms with van der Waals surface area (Å²) in [7, 11) is -3.13. The molecular weight excluding hydrogens is 320 g/mol. The van der Waals surface area contributed by atoms with E-state index in [4.69, 9.17) is 9.47 Å². The quantitative estimate of drug-likeness (QED) is 0.881. The lowest BCUT2D eigenvalue weighted by Crippen LogP contribution is -2.42. The van der Waals surface area contributed by atoms with E-state index in [0.29, 0.717) is 30.4 Å². The maximum atomic E-state index is 12.4. The number of carbonyl (C=O) groups is 1. The lowest BCUT2D eigenvalue weighted by atomic mass is 10.2. The zero-order chi connectivity index (χ0) is 17.0. The molecule has 128 valence electrons. The molecule has 0 bridgehead atoms. The molecule has 0 atom stereocenters. The van der Waals surface area contributed by atoms with Crippen LogP contribution < -0.4 is 14.8 Å². The van der Waals surface area contributed by atoms with Gasteiger partial charge in [0.05, 0.1) is 5.75 Å². The highest BCUT2D eigenvalue weighted by Gasteiger charge is 2.20. The van der Waals surface area contributed by atoms with E-state index < -0.39 is 9.84 Å². The predicted octanol–water partition coefficient (Wildman–Crippen LogP) is 1.74. The third kappa shape index (κ3) is 5.02. The summed E-state index contributed by atoms with van der Waals surface area (Å²) in [6.45, 7) is 4.80. The Balaban J connectivity index is 2.06. The number of nitrogens with zero attached hydrogens (tertiary/aromatic N) is 1. The predicted molar refractivity (Wildman–Crippen MR) is 88.0 cm³/mol. The number of anilines is 1. The maximum absolute atomic E-state index is 12.4. The van der Waals surface area contributed by atoms with Crippen LogP contribution in [0.2, 0.25) is 0 Å². The molecule has 0 saturated carbocycles. The molecule has 1 aliphatic rings. The van der Waals surface area contributed by atoms with Gasteiger partial charge in [-0.2, -0.15) is 0 Å². The second kappa shape index (κ2) is 7.08. The highest BCUT2D eigenvalue weighted by Crippen LogP contribution is 2.32. The third-order valence-corrected chi connectivity index (χ3v) is 4.30. The molecule has 0 saturated heterocycles. The summed E-state index contributed by atoms with van der Waals surface area (Å²) >= 11 is 0. The Morgan fingerprint density at radius 3 is 2.52 bits per heavy atom. The molecule has 23 heavy (non-hydrogen) atoms. The lowest BCUT2D eigenvalue weighted by molar-refractivity contribution is 0.171. The van der Waals surface area contributed by atoms with Gasteiger partial charge in [0.25, 0.3) is 0 Å². The Kier molecular flexibility index (Phi) is 5.35. The van der Waals surface area contributed by atoms with Crippen LogP contribution in [0.15, 0.2) is 18.2 Å². The summed E-state index contributed by atoms with van der Waals surface area (Å²) in [6, 6.07) is 4.69. The van der Waals surface area contributed by atoms with Crippen molar-refractivity contribution < 1.29 is 22.7 Å². The van der Waals surface area contributed by atoms with Gasteiger partial charge in [0.1, 0.15) is 23.1 Å². The van der Waals surface area contributed by atoms with Crippen molar-refractivity contribution in [2.75, 3.05) is 37.1 Å². The molecule has 1 heterocycles. The minimum Gasteiger partial charge on any atom is -0.486 e. The fraction of sp³-hybridized carbons (Fsp3) is 0.533. The number of nitrogens with one attached hydrogen (secondary N) is 1. The van der Waals surface area contributed by atoms with Crippen molar-refractivity contribution in [2.24, 2.45) is 0 Å². The molecule has 8 heteroatoms. The van der Waals surface area contributed by atoms with E-state index >= 15 is 0 Å². The Labute approximate surface area is 136 Å². The van der Waals surface area contributed by atoms with Gasteiger partial charge in [-0.15, -0.1) is 0 Å². The minimum atomic E-state index is -3.13. The van der Waals surface area contributed by atoms with E-state index in [9.17, 15) is 13.2 Å². The summed E-state index contributed by atoms with van der Waals surface area (Å²) in [4.78, 5) is 13.9. The monoisotopic (exact) mass is 342 g/mol. The second-order valence-electron chi connectivity index (χ2n) is 5.71. The Morgan fingerprint density at radius 1 is 1.26 bits per heavy atom. The summed E-state index contributed by atoms with van der Waals surface area (Å²) in [6.07, 6.45) is 1.16. The van der Waals surface area contributed by atoms with E-state index in [1.807, 2.05) is 13.8 Å². The van der Waals surface area contributed by atoms with Gasteiger partial charge >= 0.3 is 6.03 Å². The van der Waals surface area contributed by atoms with E-state index in [1.165, 1.54) is 4.90 Å². The number of fused-ring (bicyclic) bond motifs is 1. The first-order valence-corrected chi connectivity index (χ1v) is 9.47. The average Bonchev–Trinajstić information content (AvgIpc) is 2.45. The molecule has 1 aromatic carbocycles. The number of sulfone groups is 1. The number of amides is 2. The van der Waals surface area contributed by atoms with Gasteiger partial charge in [-0.05, 0) is 26.0 Å². The fourth-order valence-corrected chi connectivity index (χ4v) is 2.70. The first-order valence-electron chi connectivity index (χ1n) is 7.41. The zero-order valence-electron chi connectivity index (χ0n) is 13.5. The number of hydrogen-bond donors (Lipinski definition) is 1. The van der Waals surface area contributed by atoms with Crippen molar-refractivity contribution in [2.45, 2.75) is 19.9 Å². The molecule has 1 N–H and O–H groups in total. The van der Waals surface area contributed by atoms with Crippen LogP contribution in [0.4, 0.5) is 10.5 Å². The number of urea groups is 1. The van der Waals surface area contributed by atoms with Crippen molar-refractivity contribution in [1.29, 1.82) is 0 Å². The largest absolute Gasteiger partial charge is 0.486 e. The standard InChI is InChI=1S/C15H22N2O5S/c1-11(2)17(6-9-23(3,19)20)15(18)16-12-4-5-13-14(10-12)22-8-7-21-13/h4-5,10-11H,6-9H2,1-3H3,(H,16,18). The molecular formula is C15H22N2O5S. The van der Waals surface area contributed by atoms with Gasteiger partial charge < -0.3 is 19.7 Å². The van der Waals surface area contributed by atoms with Gasteiger partial charge in [-0.1, -0.05) is 0 Å². The van der Waals surface area contributed by atoms with Crippen LogP contribution >= 0.6 is 0 Å². The van der Waals surface area contributed by atoms with Crippen molar-refractivity contribution in [3.63, 3.8) is 0 Å². The molecule has 2 amide bonds. The van der Waals surface area contributed by atoms with Gasteiger partial charge in [-0.3, -0.25) is 0 Å². The lowest BCUT2D eigenvalue weighted by Gasteiger charge is -2.27. The van der Waals surface area contributed by atoms with Crippen LogP contribution in [-0.2, 0) is 9.84 Å². The number of ether oxygens (including phenoxy) is 2. The molecule has 0 spiro atoms. The van der Waals surface area contributed by atoms with Crippen molar-refractivity contribution >= 4 is 21.6 Å². The fourth-order valence-electron chi connectivity index (χ4n) is 2.17. The molecule has 7 nitrogen and oxygen atoms in total. The molecule has 2 rings (SSSR count). The smallest absolute Gasteiger partial charge is 0.322 e. The maximum Gasteiger partial charge on any atom is 0.322 e. The number of hydrogen-bond acceptors (Lipinski definition) is 5. The topological polar surface area (TPSA) is 84.9 Å². The zero-order valence-corrected chi connectivity index (χ0v) is 14.4. The molecule has 0 radical (unpaired) electrons. The first-order chi connectivity index (χ1) is 10.8. The van der Waals surface area contributed by atoms with Crippen LogP contribution in [0, 0.1) is 0 Å². The summed E-state index contributed by atoms with van der Waals surface area (Å²) < 4.78 is 33.5. The minimum absolute atomic E-state index is 0.0697. The van der Waals surface area contributed by atoms with Crippen LogP contribution in [-0.4, -0.2) is 57.2 Å². The van der Waals surface area contributed by atoms with Gasteiger partial charge in [0, 0.05) is 30.6 Å². The highest BCUT2D eigenvalue weighted by atomic mass is 32.2. The van der Waals surface area contributed by atoms with Gasteiger partial charge in [0.2, 0.25) is 0 Å². The SMILES string of the molecule is CC(C)N(CCS(C)(=O)=O)C(=O)Nc1ccc2c(c1)OCCO2. The average molecular weight is 342 g/mol. The Morgan fingerprint density at radius 2 is 1.91 bits per heavy atom. The molecule has 1 aromatic rings. The van der Waals surface area contributed by atoms with Gasteiger partial charge in [0.15, 0.2) is 11.5 Å². The van der Waals surface area contributed by atoms with E-state index in [1.54, 1.807) is 18.2 Å². The Bertz CT molecular complexity index is 672. The highest BCUT2D eigenvalue weighted by molar-refractivity contribution is 7.90. The number of carbonyl (C=O) groups excluding carboxylic acids is 1.